The third-order valence-electron chi connectivity index (χ3n) is 5.88. The maximum Gasteiger partial charge on any atom is 0.273 e. The lowest BCUT2D eigenvalue weighted by atomic mass is 10.0. The maximum absolute atomic E-state index is 12.8. The molecule has 0 unspecified atom stereocenters. The summed E-state index contributed by atoms with van der Waals surface area (Å²) in [7, 11) is 3.26. The number of aromatic nitrogens is 1. The van der Waals surface area contributed by atoms with Gasteiger partial charge in [0.2, 0.25) is 0 Å². The van der Waals surface area contributed by atoms with Crippen molar-refractivity contribution in [3.63, 3.8) is 0 Å². The molecule has 1 saturated heterocycles. The first kappa shape index (κ1) is 21.9. The molecule has 1 atom stereocenters. The van der Waals surface area contributed by atoms with Gasteiger partial charge in [-0.05, 0) is 43.6 Å². The molecule has 1 aliphatic rings. The quantitative estimate of drug-likeness (QED) is 0.568. The normalized spacial score (nSPS) is 15.2. The summed E-state index contributed by atoms with van der Waals surface area (Å²) in [5.74, 6) is 1.69. The van der Waals surface area contributed by atoms with Crippen LogP contribution in [0.25, 0.3) is 11.3 Å². The fourth-order valence-electron chi connectivity index (χ4n) is 4.15. The van der Waals surface area contributed by atoms with Gasteiger partial charge in [-0.25, -0.2) is 0 Å². The highest BCUT2D eigenvalue weighted by atomic mass is 16.5. The summed E-state index contributed by atoms with van der Waals surface area (Å²) in [6, 6.07) is 17.3. The molecule has 0 aliphatic carbocycles. The number of nitrogens with zero attached hydrogens (tertiary/aromatic N) is 2. The topological polar surface area (TPSA) is 76.8 Å². The Hall–Kier alpha value is -3.32. The zero-order valence-corrected chi connectivity index (χ0v) is 18.5. The Balaban J connectivity index is 1.50. The molecule has 1 aliphatic heterocycles. The van der Waals surface area contributed by atoms with Crippen molar-refractivity contribution in [2.75, 3.05) is 33.9 Å². The standard InChI is InChI=1S/C25H29N3O4/c1-30-22-12-11-19(15-24(22)31-2)21(28-13-7-4-8-14-28)17-26-25(29)20-16-23(32-27-20)18-9-5-3-6-10-18/h3,5-6,9-12,15-16,21H,4,7-8,13-14,17H2,1-2H3,(H,26,29)/t21-/m1/s1. The molecule has 0 bridgehead atoms. The number of hydrogen-bond donors (Lipinski definition) is 1. The first-order valence-corrected chi connectivity index (χ1v) is 11.0. The number of carbonyl (C=O) groups excluding carboxylic acids is 1. The Morgan fingerprint density at radius 2 is 1.78 bits per heavy atom. The second-order valence-corrected chi connectivity index (χ2v) is 7.88. The molecule has 0 radical (unpaired) electrons. The number of likely N-dealkylation sites (tertiary alicyclic amines) is 1. The molecule has 7 heteroatoms. The minimum absolute atomic E-state index is 0.0274. The SMILES string of the molecule is COc1ccc([C@@H](CNC(=O)c2cc(-c3ccccc3)on2)N2CCCCC2)cc1OC. The number of rotatable bonds is 8. The van der Waals surface area contributed by atoms with Gasteiger partial charge in [0.1, 0.15) is 0 Å². The molecular formula is C25H29N3O4. The van der Waals surface area contributed by atoms with Crippen molar-refractivity contribution in [2.24, 2.45) is 0 Å². The van der Waals surface area contributed by atoms with E-state index >= 15 is 0 Å². The minimum atomic E-state index is -0.251. The summed E-state index contributed by atoms with van der Waals surface area (Å²) in [4.78, 5) is 15.3. The molecule has 1 fully saturated rings. The lowest BCUT2D eigenvalue weighted by Gasteiger charge is -2.35. The minimum Gasteiger partial charge on any atom is -0.493 e. The van der Waals surface area contributed by atoms with Crippen LogP contribution in [0.2, 0.25) is 0 Å². The largest absolute Gasteiger partial charge is 0.493 e. The van der Waals surface area contributed by atoms with Gasteiger partial charge in [-0.15, -0.1) is 0 Å². The average Bonchev–Trinajstić information content (AvgIpc) is 3.36. The number of ether oxygens (including phenoxy) is 2. The highest BCUT2D eigenvalue weighted by molar-refractivity contribution is 5.93. The molecule has 4 rings (SSSR count). The third-order valence-corrected chi connectivity index (χ3v) is 5.88. The molecule has 32 heavy (non-hydrogen) atoms. The first-order chi connectivity index (χ1) is 15.7. The number of benzene rings is 2. The second-order valence-electron chi connectivity index (χ2n) is 7.88. The number of nitrogens with one attached hydrogen (secondary N) is 1. The number of amides is 1. The van der Waals surface area contributed by atoms with Crippen LogP contribution >= 0.6 is 0 Å². The maximum atomic E-state index is 12.8. The van der Waals surface area contributed by atoms with Crippen molar-refractivity contribution in [1.29, 1.82) is 0 Å². The highest BCUT2D eigenvalue weighted by Crippen LogP contribution is 2.33. The summed E-state index contributed by atoms with van der Waals surface area (Å²) in [5, 5.41) is 7.02. The first-order valence-electron chi connectivity index (χ1n) is 11.0. The lowest BCUT2D eigenvalue weighted by Crippen LogP contribution is -2.40. The van der Waals surface area contributed by atoms with E-state index in [-0.39, 0.29) is 17.6 Å². The van der Waals surface area contributed by atoms with Gasteiger partial charge < -0.3 is 19.3 Å². The van der Waals surface area contributed by atoms with E-state index in [0.717, 1.165) is 37.1 Å². The van der Waals surface area contributed by atoms with Crippen LogP contribution in [0.3, 0.4) is 0 Å². The van der Waals surface area contributed by atoms with Gasteiger partial charge in [-0.1, -0.05) is 48.0 Å². The average molecular weight is 436 g/mol. The number of carbonyl (C=O) groups is 1. The molecule has 1 N–H and O–H groups in total. The van der Waals surface area contributed by atoms with E-state index in [4.69, 9.17) is 14.0 Å². The molecule has 2 heterocycles. The van der Waals surface area contributed by atoms with Crippen LogP contribution in [0.4, 0.5) is 0 Å². The van der Waals surface area contributed by atoms with E-state index in [1.165, 1.54) is 6.42 Å². The van der Waals surface area contributed by atoms with Gasteiger partial charge in [0.15, 0.2) is 23.0 Å². The van der Waals surface area contributed by atoms with Crippen molar-refractivity contribution >= 4 is 5.91 Å². The highest BCUT2D eigenvalue weighted by Gasteiger charge is 2.25. The van der Waals surface area contributed by atoms with E-state index in [1.807, 2.05) is 48.5 Å². The van der Waals surface area contributed by atoms with Gasteiger partial charge in [0, 0.05) is 18.2 Å². The predicted molar refractivity (Wildman–Crippen MR) is 122 cm³/mol. The molecule has 1 aromatic heterocycles. The van der Waals surface area contributed by atoms with Crippen molar-refractivity contribution < 1.29 is 18.8 Å². The van der Waals surface area contributed by atoms with Gasteiger partial charge >= 0.3 is 0 Å². The smallest absolute Gasteiger partial charge is 0.273 e. The van der Waals surface area contributed by atoms with Crippen LogP contribution in [0.5, 0.6) is 11.5 Å². The Kier molecular flexibility index (Phi) is 7.07. The van der Waals surface area contributed by atoms with Crippen LogP contribution in [-0.2, 0) is 0 Å². The van der Waals surface area contributed by atoms with E-state index in [0.29, 0.717) is 23.8 Å². The molecule has 3 aromatic rings. The van der Waals surface area contributed by atoms with Gasteiger partial charge in [0.25, 0.3) is 5.91 Å². The van der Waals surface area contributed by atoms with Crippen LogP contribution in [-0.4, -0.2) is 49.8 Å². The lowest BCUT2D eigenvalue weighted by molar-refractivity contribution is 0.0915. The summed E-state index contributed by atoms with van der Waals surface area (Å²) in [6.45, 7) is 2.45. The third kappa shape index (κ3) is 4.94. The monoisotopic (exact) mass is 435 g/mol. The molecule has 0 spiro atoms. The van der Waals surface area contributed by atoms with Crippen molar-refractivity contribution in [3.05, 3.63) is 65.9 Å². The van der Waals surface area contributed by atoms with Crippen LogP contribution in [0.1, 0.15) is 41.4 Å². The predicted octanol–water partition coefficient (Wildman–Crippen LogP) is 4.32. The van der Waals surface area contributed by atoms with Gasteiger partial charge in [-0.3, -0.25) is 9.69 Å². The van der Waals surface area contributed by atoms with Crippen LogP contribution < -0.4 is 14.8 Å². The number of hydrogen-bond acceptors (Lipinski definition) is 6. The fraction of sp³-hybridized carbons (Fsp3) is 0.360. The van der Waals surface area contributed by atoms with E-state index in [9.17, 15) is 4.79 Å². The Labute approximate surface area is 188 Å². The number of piperidine rings is 1. The van der Waals surface area contributed by atoms with Crippen molar-refractivity contribution in [2.45, 2.75) is 25.3 Å². The molecule has 0 saturated carbocycles. The Morgan fingerprint density at radius 1 is 1.03 bits per heavy atom. The summed E-state index contributed by atoms with van der Waals surface area (Å²) in [6.07, 6.45) is 3.55. The van der Waals surface area contributed by atoms with Crippen molar-refractivity contribution in [1.82, 2.24) is 15.4 Å². The molecule has 7 nitrogen and oxygen atoms in total. The van der Waals surface area contributed by atoms with E-state index < -0.39 is 0 Å². The number of methoxy groups -OCH3 is 2. The summed E-state index contributed by atoms with van der Waals surface area (Å²) in [5.41, 5.74) is 2.24. The van der Waals surface area contributed by atoms with Crippen molar-refractivity contribution in [3.8, 4) is 22.8 Å². The zero-order chi connectivity index (χ0) is 22.3. The zero-order valence-electron chi connectivity index (χ0n) is 18.5. The molecular weight excluding hydrogens is 406 g/mol. The Morgan fingerprint density at radius 3 is 2.50 bits per heavy atom. The molecule has 1 amide bonds. The Bertz CT molecular complexity index is 1030. The fourth-order valence-corrected chi connectivity index (χ4v) is 4.15. The molecule has 168 valence electrons. The summed E-state index contributed by atoms with van der Waals surface area (Å²) < 4.78 is 16.3. The van der Waals surface area contributed by atoms with Crippen LogP contribution in [0.15, 0.2) is 59.1 Å². The second kappa shape index (κ2) is 10.3. The summed E-state index contributed by atoms with van der Waals surface area (Å²) >= 11 is 0. The van der Waals surface area contributed by atoms with Crippen LogP contribution in [0, 0.1) is 0 Å². The van der Waals surface area contributed by atoms with Gasteiger partial charge in [0.05, 0.1) is 20.3 Å². The molecule has 2 aromatic carbocycles. The van der Waals surface area contributed by atoms with Gasteiger partial charge in [-0.2, -0.15) is 0 Å². The van der Waals surface area contributed by atoms with E-state index in [1.54, 1.807) is 20.3 Å². The van der Waals surface area contributed by atoms with E-state index in [2.05, 4.69) is 15.4 Å².